The first kappa shape index (κ1) is 13.0. The molecule has 1 N–H and O–H groups in total. The maximum absolute atomic E-state index is 12.3. The molecule has 0 saturated heterocycles. The quantitative estimate of drug-likeness (QED) is 0.798. The van der Waals surface area contributed by atoms with Crippen molar-refractivity contribution >= 4 is 11.6 Å². The van der Waals surface area contributed by atoms with Gasteiger partial charge in [0.1, 0.15) is 6.33 Å². The molecule has 0 aliphatic carbocycles. The van der Waals surface area contributed by atoms with Gasteiger partial charge >= 0.3 is 0 Å². The van der Waals surface area contributed by atoms with Crippen LogP contribution in [0.25, 0.3) is 5.69 Å². The summed E-state index contributed by atoms with van der Waals surface area (Å²) in [5, 5.41) is 13.9. The van der Waals surface area contributed by atoms with E-state index in [1.807, 2.05) is 37.3 Å². The van der Waals surface area contributed by atoms with E-state index in [-0.39, 0.29) is 5.91 Å². The zero-order valence-electron chi connectivity index (χ0n) is 11.4. The molecule has 104 valence electrons. The predicted molar refractivity (Wildman–Crippen MR) is 78.3 cm³/mol. The highest BCUT2D eigenvalue weighted by molar-refractivity contribution is 6.04. The molecular weight excluding hydrogens is 266 g/mol. The van der Waals surface area contributed by atoms with Gasteiger partial charge < -0.3 is 5.32 Å². The smallest absolute Gasteiger partial charge is 0.255 e. The van der Waals surface area contributed by atoms with E-state index in [4.69, 9.17) is 0 Å². The fourth-order valence-corrected chi connectivity index (χ4v) is 1.98. The molecule has 6 heteroatoms. The van der Waals surface area contributed by atoms with Gasteiger partial charge in [0.2, 0.25) is 0 Å². The summed E-state index contributed by atoms with van der Waals surface area (Å²) >= 11 is 0. The van der Waals surface area contributed by atoms with Crippen LogP contribution in [-0.4, -0.2) is 26.1 Å². The van der Waals surface area contributed by atoms with Crippen LogP contribution in [0, 0.1) is 6.92 Å². The summed E-state index contributed by atoms with van der Waals surface area (Å²) in [4.78, 5) is 12.3. The van der Waals surface area contributed by atoms with E-state index >= 15 is 0 Å². The third-order valence-electron chi connectivity index (χ3n) is 3.12. The number of tetrazole rings is 1. The van der Waals surface area contributed by atoms with Crippen molar-refractivity contribution in [2.45, 2.75) is 6.92 Å². The predicted octanol–water partition coefficient (Wildman–Crippen LogP) is 2.22. The molecule has 0 spiro atoms. The Labute approximate surface area is 121 Å². The van der Waals surface area contributed by atoms with E-state index in [1.54, 1.807) is 18.2 Å². The Morgan fingerprint density at radius 3 is 2.76 bits per heavy atom. The number of anilines is 1. The second-order valence-electron chi connectivity index (χ2n) is 4.57. The molecule has 0 radical (unpaired) electrons. The summed E-state index contributed by atoms with van der Waals surface area (Å²) in [6.07, 6.45) is 1.48. The highest BCUT2D eigenvalue weighted by Gasteiger charge is 2.09. The molecule has 2 aromatic carbocycles. The average molecular weight is 279 g/mol. The van der Waals surface area contributed by atoms with Gasteiger partial charge in [-0.15, -0.1) is 5.10 Å². The summed E-state index contributed by atoms with van der Waals surface area (Å²) < 4.78 is 1.50. The Kier molecular flexibility index (Phi) is 3.42. The SMILES string of the molecule is Cc1ccccc1NC(=O)c1cccc(-n2cnnn2)c1. The zero-order valence-corrected chi connectivity index (χ0v) is 11.4. The second-order valence-corrected chi connectivity index (χ2v) is 4.57. The summed E-state index contributed by atoms with van der Waals surface area (Å²) in [5.41, 5.74) is 3.10. The van der Waals surface area contributed by atoms with Gasteiger partial charge in [0, 0.05) is 11.3 Å². The Morgan fingerprint density at radius 1 is 1.14 bits per heavy atom. The topological polar surface area (TPSA) is 72.7 Å². The van der Waals surface area contributed by atoms with Crippen molar-refractivity contribution in [3.05, 3.63) is 66.0 Å². The van der Waals surface area contributed by atoms with E-state index in [0.29, 0.717) is 5.56 Å². The van der Waals surface area contributed by atoms with Crippen LogP contribution in [0.15, 0.2) is 54.9 Å². The van der Waals surface area contributed by atoms with E-state index in [2.05, 4.69) is 20.8 Å². The maximum atomic E-state index is 12.3. The lowest BCUT2D eigenvalue weighted by molar-refractivity contribution is 0.102. The normalized spacial score (nSPS) is 10.3. The lowest BCUT2D eigenvalue weighted by Gasteiger charge is -2.09. The Morgan fingerprint density at radius 2 is 2.00 bits per heavy atom. The maximum Gasteiger partial charge on any atom is 0.255 e. The van der Waals surface area contributed by atoms with Gasteiger partial charge in [0.25, 0.3) is 5.91 Å². The number of hydrogen-bond acceptors (Lipinski definition) is 4. The molecule has 6 nitrogen and oxygen atoms in total. The molecule has 0 fully saturated rings. The summed E-state index contributed by atoms with van der Waals surface area (Å²) in [6, 6.07) is 14.8. The number of rotatable bonds is 3. The van der Waals surface area contributed by atoms with E-state index in [9.17, 15) is 4.79 Å². The summed E-state index contributed by atoms with van der Waals surface area (Å²) in [5.74, 6) is -0.167. The second kappa shape index (κ2) is 5.54. The first-order chi connectivity index (χ1) is 10.2. The van der Waals surface area contributed by atoms with Crippen molar-refractivity contribution in [2.24, 2.45) is 0 Å². The van der Waals surface area contributed by atoms with Gasteiger partial charge in [-0.1, -0.05) is 24.3 Å². The molecule has 1 amide bonds. The fourth-order valence-electron chi connectivity index (χ4n) is 1.98. The highest BCUT2D eigenvalue weighted by atomic mass is 16.1. The largest absolute Gasteiger partial charge is 0.322 e. The van der Waals surface area contributed by atoms with Gasteiger partial charge in [-0.05, 0) is 47.2 Å². The van der Waals surface area contributed by atoms with Crippen molar-refractivity contribution in [3.63, 3.8) is 0 Å². The first-order valence-corrected chi connectivity index (χ1v) is 6.44. The molecule has 3 rings (SSSR count). The number of aryl methyl sites for hydroxylation is 1. The molecule has 3 aromatic rings. The lowest BCUT2D eigenvalue weighted by atomic mass is 10.1. The van der Waals surface area contributed by atoms with Crippen LogP contribution in [0.4, 0.5) is 5.69 Å². The van der Waals surface area contributed by atoms with Gasteiger partial charge in [0.05, 0.1) is 5.69 Å². The third kappa shape index (κ3) is 2.79. The van der Waals surface area contributed by atoms with Crippen molar-refractivity contribution in [1.29, 1.82) is 0 Å². The van der Waals surface area contributed by atoms with Crippen LogP contribution in [0.3, 0.4) is 0 Å². The van der Waals surface area contributed by atoms with Crippen LogP contribution in [0.2, 0.25) is 0 Å². The van der Waals surface area contributed by atoms with Crippen LogP contribution < -0.4 is 5.32 Å². The number of hydrogen-bond donors (Lipinski definition) is 1. The monoisotopic (exact) mass is 279 g/mol. The summed E-state index contributed by atoms with van der Waals surface area (Å²) in [7, 11) is 0. The van der Waals surface area contributed by atoms with E-state index in [0.717, 1.165) is 16.9 Å². The molecule has 0 bridgehead atoms. The molecule has 0 saturated carbocycles. The Balaban J connectivity index is 1.85. The number of nitrogens with one attached hydrogen (secondary N) is 1. The van der Waals surface area contributed by atoms with Crippen molar-refractivity contribution < 1.29 is 4.79 Å². The Hall–Kier alpha value is -3.02. The first-order valence-electron chi connectivity index (χ1n) is 6.44. The van der Waals surface area contributed by atoms with Crippen LogP contribution in [0.1, 0.15) is 15.9 Å². The molecule has 1 heterocycles. The standard InChI is InChI=1S/C15H13N5O/c1-11-5-2-3-8-14(11)17-15(21)12-6-4-7-13(9-12)20-10-16-18-19-20/h2-10H,1H3,(H,17,21). The minimum absolute atomic E-state index is 0.167. The number of carbonyl (C=O) groups is 1. The van der Waals surface area contributed by atoms with Crippen LogP contribution >= 0.6 is 0 Å². The fraction of sp³-hybridized carbons (Fsp3) is 0.0667. The van der Waals surface area contributed by atoms with Crippen molar-refractivity contribution in [2.75, 3.05) is 5.32 Å². The highest BCUT2D eigenvalue weighted by Crippen LogP contribution is 2.16. The number of para-hydroxylation sites is 1. The molecule has 21 heavy (non-hydrogen) atoms. The lowest BCUT2D eigenvalue weighted by Crippen LogP contribution is -2.13. The van der Waals surface area contributed by atoms with Gasteiger partial charge in [0.15, 0.2) is 0 Å². The number of benzene rings is 2. The minimum atomic E-state index is -0.167. The van der Waals surface area contributed by atoms with Crippen LogP contribution in [0.5, 0.6) is 0 Å². The van der Waals surface area contributed by atoms with Gasteiger partial charge in [-0.3, -0.25) is 4.79 Å². The third-order valence-corrected chi connectivity index (χ3v) is 3.12. The number of nitrogens with zero attached hydrogens (tertiary/aromatic N) is 4. The number of carbonyl (C=O) groups excluding carboxylic acids is 1. The van der Waals surface area contributed by atoms with Gasteiger partial charge in [-0.25, -0.2) is 4.68 Å². The molecule has 0 aliphatic rings. The summed E-state index contributed by atoms with van der Waals surface area (Å²) in [6.45, 7) is 1.95. The van der Waals surface area contributed by atoms with E-state index < -0.39 is 0 Å². The average Bonchev–Trinajstić information content (AvgIpc) is 3.04. The molecule has 1 aromatic heterocycles. The van der Waals surface area contributed by atoms with Crippen molar-refractivity contribution in [3.8, 4) is 5.69 Å². The number of aromatic nitrogens is 4. The van der Waals surface area contributed by atoms with Crippen LogP contribution in [-0.2, 0) is 0 Å². The van der Waals surface area contributed by atoms with Crippen molar-refractivity contribution in [1.82, 2.24) is 20.2 Å². The van der Waals surface area contributed by atoms with Gasteiger partial charge in [-0.2, -0.15) is 0 Å². The molecular formula is C15H13N5O. The molecule has 0 aliphatic heterocycles. The molecule has 0 unspecified atom stereocenters. The molecule has 0 atom stereocenters. The minimum Gasteiger partial charge on any atom is -0.322 e. The zero-order chi connectivity index (χ0) is 14.7. The Bertz CT molecular complexity index is 767. The van der Waals surface area contributed by atoms with E-state index in [1.165, 1.54) is 11.0 Å². The number of amides is 1.